The van der Waals surface area contributed by atoms with Crippen LogP contribution in [0.25, 0.3) is 10.9 Å². The van der Waals surface area contributed by atoms with E-state index < -0.39 is 0 Å². The molecule has 1 aromatic heterocycles. The Kier molecular flexibility index (Phi) is 6.19. The summed E-state index contributed by atoms with van der Waals surface area (Å²) in [6, 6.07) is 8.11. The van der Waals surface area contributed by atoms with Crippen molar-refractivity contribution in [2.24, 2.45) is 0 Å². The fourth-order valence-corrected chi connectivity index (χ4v) is 2.61. The highest BCUT2D eigenvalue weighted by Gasteiger charge is 2.14. The summed E-state index contributed by atoms with van der Waals surface area (Å²) >= 11 is 0. The summed E-state index contributed by atoms with van der Waals surface area (Å²) in [6.07, 6.45) is 2.94. The lowest BCUT2D eigenvalue weighted by Crippen LogP contribution is -2.27. The van der Waals surface area contributed by atoms with Crippen molar-refractivity contribution in [1.82, 2.24) is 19.7 Å². The number of likely N-dealkylation sites (N-methyl/N-ethyl adjacent to an activating group) is 1. The number of carbonyl (C=O) groups excluding carboxylic acids is 1. The Hall–Kier alpha value is -1.85. The summed E-state index contributed by atoms with van der Waals surface area (Å²) in [5, 5.41) is 4.06. The van der Waals surface area contributed by atoms with E-state index in [4.69, 9.17) is 0 Å². The van der Waals surface area contributed by atoms with Gasteiger partial charge in [0.15, 0.2) is 0 Å². The molecule has 1 aromatic carbocycles. The third kappa shape index (κ3) is 4.81. The van der Waals surface area contributed by atoms with Gasteiger partial charge in [-0.25, -0.2) is 0 Å². The van der Waals surface area contributed by atoms with E-state index in [-0.39, 0.29) is 5.91 Å². The number of benzene rings is 1. The van der Waals surface area contributed by atoms with Crippen molar-refractivity contribution in [1.29, 1.82) is 0 Å². The second kappa shape index (κ2) is 8.13. The van der Waals surface area contributed by atoms with Gasteiger partial charge >= 0.3 is 0 Å². The van der Waals surface area contributed by atoms with Gasteiger partial charge in [-0.3, -0.25) is 4.79 Å². The third-order valence-electron chi connectivity index (χ3n) is 3.89. The number of para-hydroxylation sites is 1. The fourth-order valence-electron chi connectivity index (χ4n) is 2.61. The highest BCUT2D eigenvalue weighted by Crippen LogP contribution is 2.21. The molecular weight excluding hydrogens is 288 g/mol. The first kappa shape index (κ1) is 17.5. The molecule has 2 aromatic rings. The molecule has 0 radical (unpaired) electrons. The van der Waals surface area contributed by atoms with Crippen molar-refractivity contribution < 1.29 is 4.79 Å². The Labute approximate surface area is 138 Å². The summed E-state index contributed by atoms with van der Waals surface area (Å²) in [5.74, 6) is 0.0172. The van der Waals surface area contributed by atoms with Crippen LogP contribution in [0.4, 0.5) is 0 Å². The molecule has 0 aliphatic heterocycles. The smallest absolute Gasteiger partial charge is 0.253 e. The Bertz CT molecular complexity index is 646. The number of hydrogen-bond donors (Lipinski definition) is 1. The van der Waals surface area contributed by atoms with Crippen molar-refractivity contribution in [3.63, 3.8) is 0 Å². The minimum atomic E-state index is 0.0172. The Morgan fingerprint density at radius 2 is 1.78 bits per heavy atom. The van der Waals surface area contributed by atoms with Crippen molar-refractivity contribution in [2.75, 3.05) is 47.8 Å². The van der Waals surface area contributed by atoms with E-state index >= 15 is 0 Å². The largest absolute Gasteiger partial charge is 0.352 e. The molecule has 0 aliphatic carbocycles. The van der Waals surface area contributed by atoms with Gasteiger partial charge in [0.05, 0.1) is 5.56 Å². The van der Waals surface area contributed by atoms with Gasteiger partial charge in [-0.05, 0) is 47.2 Å². The van der Waals surface area contributed by atoms with E-state index in [1.807, 2.05) is 38.5 Å². The van der Waals surface area contributed by atoms with Gasteiger partial charge in [0.1, 0.15) is 0 Å². The molecule has 0 aliphatic rings. The molecule has 5 nitrogen and oxygen atoms in total. The van der Waals surface area contributed by atoms with E-state index in [1.54, 1.807) is 0 Å². The third-order valence-corrected chi connectivity index (χ3v) is 3.89. The SMILES string of the molecule is CN(C)CCCNC(=O)c1cn(CCN(C)C)c2ccccc12. The number of aromatic nitrogens is 1. The van der Waals surface area contributed by atoms with E-state index in [2.05, 4.69) is 39.8 Å². The van der Waals surface area contributed by atoms with E-state index in [9.17, 15) is 4.79 Å². The van der Waals surface area contributed by atoms with Gasteiger partial charge in [-0.1, -0.05) is 18.2 Å². The van der Waals surface area contributed by atoms with Gasteiger partial charge < -0.3 is 19.7 Å². The number of nitrogens with zero attached hydrogens (tertiary/aromatic N) is 3. The molecule has 126 valence electrons. The summed E-state index contributed by atoms with van der Waals surface area (Å²) in [4.78, 5) is 16.8. The number of hydrogen-bond acceptors (Lipinski definition) is 3. The van der Waals surface area contributed by atoms with E-state index in [0.717, 1.165) is 42.5 Å². The molecule has 0 spiro atoms. The molecule has 23 heavy (non-hydrogen) atoms. The van der Waals surface area contributed by atoms with Crippen molar-refractivity contribution in [3.05, 3.63) is 36.0 Å². The zero-order chi connectivity index (χ0) is 16.8. The number of amides is 1. The second-order valence-electron chi connectivity index (χ2n) is 6.47. The molecule has 0 saturated heterocycles. The molecule has 1 amide bonds. The second-order valence-corrected chi connectivity index (χ2v) is 6.47. The zero-order valence-electron chi connectivity index (χ0n) is 14.7. The average Bonchev–Trinajstić information content (AvgIpc) is 2.88. The molecule has 0 unspecified atom stereocenters. The minimum absolute atomic E-state index is 0.0172. The molecule has 0 bridgehead atoms. The van der Waals surface area contributed by atoms with Crippen LogP contribution in [0.1, 0.15) is 16.8 Å². The van der Waals surface area contributed by atoms with E-state index in [1.165, 1.54) is 0 Å². The Morgan fingerprint density at radius 1 is 1.09 bits per heavy atom. The summed E-state index contributed by atoms with van der Waals surface area (Å²) in [5.41, 5.74) is 1.89. The van der Waals surface area contributed by atoms with Crippen LogP contribution in [0.15, 0.2) is 30.5 Å². The Morgan fingerprint density at radius 3 is 2.48 bits per heavy atom. The number of fused-ring (bicyclic) bond motifs is 1. The number of rotatable bonds is 8. The molecule has 0 saturated carbocycles. The quantitative estimate of drug-likeness (QED) is 0.756. The highest BCUT2D eigenvalue weighted by atomic mass is 16.1. The molecule has 1 N–H and O–H groups in total. The molecule has 2 rings (SSSR count). The number of nitrogens with one attached hydrogen (secondary N) is 1. The monoisotopic (exact) mass is 316 g/mol. The van der Waals surface area contributed by atoms with Crippen molar-refractivity contribution >= 4 is 16.8 Å². The standard InChI is InChI=1S/C18H28N4O/c1-20(2)11-7-10-19-18(23)16-14-22(13-12-21(3)4)17-9-6-5-8-15(16)17/h5-6,8-9,14H,7,10-13H2,1-4H3,(H,19,23). The van der Waals surface area contributed by atoms with Gasteiger partial charge in [0.25, 0.3) is 5.91 Å². The lowest BCUT2D eigenvalue weighted by atomic mass is 10.1. The lowest BCUT2D eigenvalue weighted by Gasteiger charge is -2.11. The predicted molar refractivity (Wildman–Crippen MR) is 96.0 cm³/mol. The molecular formula is C18H28N4O. The molecule has 0 fully saturated rings. The van der Waals surface area contributed by atoms with Crippen LogP contribution >= 0.6 is 0 Å². The van der Waals surface area contributed by atoms with Crippen molar-refractivity contribution in [2.45, 2.75) is 13.0 Å². The van der Waals surface area contributed by atoms with Crippen LogP contribution in [0, 0.1) is 0 Å². The lowest BCUT2D eigenvalue weighted by molar-refractivity contribution is 0.0953. The summed E-state index contributed by atoms with van der Waals surface area (Å²) in [6.45, 7) is 3.50. The normalized spacial score (nSPS) is 11.6. The van der Waals surface area contributed by atoms with Crippen LogP contribution in [-0.4, -0.2) is 68.1 Å². The topological polar surface area (TPSA) is 40.5 Å². The van der Waals surface area contributed by atoms with Gasteiger partial charge in [0.2, 0.25) is 0 Å². The van der Waals surface area contributed by atoms with Gasteiger partial charge in [0, 0.05) is 36.7 Å². The van der Waals surface area contributed by atoms with E-state index in [0.29, 0.717) is 6.54 Å². The number of carbonyl (C=O) groups is 1. The first-order chi connectivity index (χ1) is 11.0. The fraction of sp³-hybridized carbons (Fsp3) is 0.500. The maximum absolute atomic E-state index is 12.5. The van der Waals surface area contributed by atoms with Crippen LogP contribution in [0.3, 0.4) is 0 Å². The molecule has 1 heterocycles. The molecule has 5 heteroatoms. The zero-order valence-corrected chi connectivity index (χ0v) is 14.7. The molecule has 0 atom stereocenters. The minimum Gasteiger partial charge on any atom is -0.352 e. The predicted octanol–water partition coefficient (Wildman–Crippen LogP) is 1.88. The van der Waals surface area contributed by atoms with Crippen LogP contribution in [0.2, 0.25) is 0 Å². The Balaban J connectivity index is 2.11. The first-order valence-electron chi connectivity index (χ1n) is 8.14. The highest BCUT2D eigenvalue weighted by molar-refractivity contribution is 6.06. The van der Waals surface area contributed by atoms with Gasteiger partial charge in [-0.2, -0.15) is 0 Å². The first-order valence-corrected chi connectivity index (χ1v) is 8.14. The summed E-state index contributed by atoms with van der Waals surface area (Å²) < 4.78 is 2.17. The van der Waals surface area contributed by atoms with Crippen molar-refractivity contribution in [3.8, 4) is 0 Å². The maximum Gasteiger partial charge on any atom is 0.253 e. The van der Waals surface area contributed by atoms with Gasteiger partial charge in [-0.15, -0.1) is 0 Å². The van der Waals surface area contributed by atoms with Crippen LogP contribution in [-0.2, 0) is 6.54 Å². The average molecular weight is 316 g/mol. The van der Waals surface area contributed by atoms with Crippen LogP contribution in [0.5, 0.6) is 0 Å². The maximum atomic E-state index is 12.5. The summed E-state index contributed by atoms with van der Waals surface area (Å²) in [7, 11) is 8.20. The van der Waals surface area contributed by atoms with Crippen LogP contribution < -0.4 is 5.32 Å².